The standard InChI is InChI=1S/C22H23ClN4O4/c1-4-25(5-2)20(28)19-21(29)26(14-15-7-6-8-16(23)13-15)22(30)27(24-19)17-9-11-18(31-3)12-10-17/h6-13H,4-5,14H2,1-3H3. The van der Waals surface area contributed by atoms with Gasteiger partial charge in [-0.15, -0.1) is 0 Å². The van der Waals surface area contributed by atoms with Crippen molar-refractivity contribution in [1.82, 2.24) is 19.2 Å². The van der Waals surface area contributed by atoms with E-state index >= 15 is 0 Å². The Morgan fingerprint density at radius 3 is 2.35 bits per heavy atom. The van der Waals surface area contributed by atoms with Crippen LogP contribution in [-0.2, 0) is 6.54 Å². The summed E-state index contributed by atoms with van der Waals surface area (Å²) in [5.41, 5.74) is -0.668. The van der Waals surface area contributed by atoms with Gasteiger partial charge in [0.1, 0.15) is 5.75 Å². The van der Waals surface area contributed by atoms with Crippen LogP contribution < -0.4 is 16.0 Å². The predicted molar refractivity (Wildman–Crippen MR) is 118 cm³/mol. The Morgan fingerprint density at radius 2 is 1.77 bits per heavy atom. The Labute approximate surface area is 184 Å². The van der Waals surface area contributed by atoms with Crippen molar-refractivity contribution in [2.45, 2.75) is 20.4 Å². The van der Waals surface area contributed by atoms with Crippen molar-refractivity contribution in [2.24, 2.45) is 0 Å². The molecule has 3 rings (SSSR count). The highest BCUT2D eigenvalue weighted by Crippen LogP contribution is 2.14. The lowest BCUT2D eigenvalue weighted by Crippen LogP contribution is -2.46. The number of carbonyl (C=O) groups is 1. The van der Waals surface area contributed by atoms with Crippen LogP contribution in [0.1, 0.15) is 29.9 Å². The van der Waals surface area contributed by atoms with Gasteiger partial charge in [0.25, 0.3) is 11.5 Å². The normalized spacial score (nSPS) is 10.7. The number of hydrogen-bond donors (Lipinski definition) is 0. The van der Waals surface area contributed by atoms with Gasteiger partial charge in [-0.05, 0) is 55.8 Å². The number of halogens is 1. The van der Waals surface area contributed by atoms with Crippen molar-refractivity contribution >= 4 is 17.5 Å². The number of methoxy groups -OCH3 is 1. The number of hydrogen-bond acceptors (Lipinski definition) is 5. The lowest BCUT2D eigenvalue weighted by atomic mass is 10.2. The Balaban J connectivity index is 2.22. The zero-order valence-electron chi connectivity index (χ0n) is 17.5. The Hall–Kier alpha value is -3.39. The quantitative estimate of drug-likeness (QED) is 0.561. The fourth-order valence-corrected chi connectivity index (χ4v) is 3.37. The van der Waals surface area contributed by atoms with Gasteiger partial charge >= 0.3 is 5.69 Å². The van der Waals surface area contributed by atoms with E-state index in [1.54, 1.807) is 48.5 Å². The molecule has 2 aromatic carbocycles. The molecule has 0 saturated carbocycles. The van der Waals surface area contributed by atoms with Crippen LogP contribution in [0, 0.1) is 0 Å². The number of ether oxygens (including phenoxy) is 1. The molecule has 0 radical (unpaired) electrons. The third-order valence-electron chi connectivity index (χ3n) is 4.86. The summed E-state index contributed by atoms with van der Waals surface area (Å²) >= 11 is 6.05. The highest BCUT2D eigenvalue weighted by atomic mass is 35.5. The van der Waals surface area contributed by atoms with Crippen molar-refractivity contribution in [1.29, 1.82) is 0 Å². The lowest BCUT2D eigenvalue weighted by molar-refractivity contribution is 0.0761. The maximum atomic E-state index is 13.2. The average Bonchev–Trinajstić information content (AvgIpc) is 2.78. The van der Waals surface area contributed by atoms with Crippen LogP contribution in [-0.4, -0.2) is 45.4 Å². The number of rotatable bonds is 7. The third-order valence-corrected chi connectivity index (χ3v) is 5.09. The minimum atomic E-state index is -0.744. The van der Waals surface area contributed by atoms with Gasteiger partial charge in [0.05, 0.1) is 19.3 Å². The predicted octanol–water partition coefficient (Wildman–Crippen LogP) is 2.59. The number of aromatic nitrogens is 3. The van der Waals surface area contributed by atoms with Gasteiger partial charge in [0.2, 0.25) is 5.69 Å². The minimum absolute atomic E-state index is 0.0462. The molecular weight excluding hydrogens is 420 g/mol. The average molecular weight is 443 g/mol. The molecule has 0 fully saturated rings. The number of amides is 1. The molecule has 0 aliphatic heterocycles. The van der Waals surface area contributed by atoms with Crippen molar-refractivity contribution in [3.8, 4) is 11.4 Å². The summed E-state index contributed by atoms with van der Waals surface area (Å²) in [6.45, 7) is 4.39. The van der Waals surface area contributed by atoms with Crippen LogP contribution in [0.3, 0.4) is 0 Å². The molecule has 9 heteroatoms. The monoisotopic (exact) mass is 442 g/mol. The van der Waals surface area contributed by atoms with E-state index in [9.17, 15) is 14.4 Å². The molecule has 1 amide bonds. The minimum Gasteiger partial charge on any atom is -0.497 e. The summed E-state index contributed by atoms with van der Waals surface area (Å²) in [5, 5.41) is 4.63. The van der Waals surface area contributed by atoms with E-state index < -0.39 is 17.2 Å². The van der Waals surface area contributed by atoms with E-state index in [1.165, 1.54) is 12.0 Å². The zero-order valence-corrected chi connectivity index (χ0v) is 18.3. The van der Waals surface area contributed by atoms with E-state index in [4.69, 9.17) is 16.3 Å². The van der Waals surface area contributed by atoms with E-state index in [1.807, 2.05) is 13.8 Å². The summed E-state index contributed by atoms with van der Waals surface area (Å²) in [4.78, 5) is 40.8. The van der Waals surface area contributed by atoms with Gasteiger partial charge in [0, 0.05) is 18.1 Å². The molecule has 0 spiro atoms. The van der Waals surface area contributed by atoms with E-state index in [0.717, 1.165) is 9.25 Å². The van der Waals surface area contributed by atoms with Crippen LogP contribution in [0.2, 0.25) is 5.02 Å². The van der Waals surface area contributed by atoms with Crippen LogP contribution >= 0.6 is 11.6 Å². The first-order chi connectivity index (χ1) is 14.9. The van der Waals surface area contributed by atoms with E-state index in [0.29, 0.717) is 35.1 Å². The molecule has 3 aromatic rings. The molecule has 0 saturated heterocycles. The molecule has 162 valence electrons. The second-order valence-corrected chi connectivity index (χ2v) is 7.18. The zero-order chi connectivity index (χ0) is 22.5. The van der Waals surface area contributed by atoms with Crippen molar-refractivity contribution in [3.05, 3.63) is 85.6 Å². The molecule has 0 aliphatic rings. The van der Waals surface area contributed by atoms with Crippen molar-refractivity contribution in [2.75, 3.05) is 20.2 Å². The molecular formula is C22H23ClN4O4. The van der Waals surface area contributed by atoms with Crippen LogP contribution in [0.5, 0.6) is 5.75 Å². The second-order valence-electron chi connectivity index (χ2n) is 6.74. The van der Waals surface area contributed by atoms with Crippen molar-refractivity contribution in [3.63, 3.8) is 0 Å². The molecule has 0 atom stereocenters. The number of benzene rings is 2. The van der Waals surface area contributed by atoms with E-state index in [2.05, 4.69) is 5.10 Å². The molecule has 0 aliphatic carbocycles. The topological polar surface area (TPSA) is 86.4 Å². The lowest BCUT2D eigenvalue weighted by Gasteiger charge is -2.19. The third kappa shape index (κ3) is 4.69. The fourth-order valence-electron chi connectivity index (χ4n) is 3.16. The van der Waals surface area contributed by atoms with Gasteiger partial charge in [-0.2, -0.15) is 9.78 Å². The molecule has 1 heterocycles. The maximum absolute atomic E-state index is 13.2. The van der Waals surface area contributed by atoms with Gasteiger partial charge in [0.15, 0.2) is 0 Å². The highest BCUT2D eigenvalue weighted by Gasteiger charge is 2.23. The van der Waals surface area contributed by atoms with Crippen LogP contribution in [0.4, 0.5) is 0 Å². The maximum Gasteiger partial charge on any atom is 0.352 e. The fraction of sp³-hybridized carbons (Fsp3) is 0.273. The number of nitrogens with zero attached hydrogens (tertiary/aromatic N) is 4. The van der Waals surface area contributed by atoms with Gasteiger partial charge in [-0.1, -0.05) is 23.7 Å². The summed E-state index contributed by atoms with van der Waals surface area (Å²) in [6, 6.07) is 13.4. The molecule has 0 bridgehead atoms. The van der Waals surface area contributed by atoms with Crippen LogP contribution in [0.25, 0.3) is 5.69 Å². The van der Waals surface area contributed by atoms with E-state index in [-0.39, 0.29) is 12.2 Å². The largest absolute Gasteiger partial charge is 0.497 e. The summed E-state index contributed by atoms with van der Waals surface area (Å²) in [5.74, 6) is 0.0700. The first-order valence-electron chi connectivity index (χ1n) is 9.81. The highest BCUT2D eigenvalue weighted by molar-refractivity contribution is 6.30. The van der Waals surface area contributed by atoms with Crippen LogP contribution in [0.15, 0.2) is 58.1 Å². The molecule has 0 unspecified atom stereocenters. The Bertz CT molecular complexity index is 1200. The molecule has 1 aromatic heterocycles. The molecule has 8 nitrogen and oxygen atoms in total. The van der Waals surface area contributed by atoms with Gasteiger partial charge < -0.3 is 9.64 Å². The first kappa shape index (κ1) is 22.3. The smallest absolute Gasteiger partial charge is 0.352 e. The Kier molecular flexibility index (Phi) is 6.91. The second kappa shape index (κ2) is 9.61. The summed E-state index contributed by atoms with van der Waals surface area (Å²) < 4.78 is 7.21. The summed E-state index contributed by atoms with van der Waals surface area (Å²) in [6.07, 6.45) is 0. The van der Waals surface area contributed by atoms with Gasteiger partial charge in [-0.25, -0.2) is 4.79 Å². The molecule has 31 heavy (non-hydrogen) atoms. The Morgan fingerprint density at radius 1 is 1.10 bits per heavy atom. The SMILES string of the molecule is CCN(CC)C(=O)c1nn(-c2ccc(OC)cc2)c(=O)n(Cc2cccc(Cl)c2)c1=O. The van der Waals surface area contributed by atoms with Gasteiger partial charge in [-0.3, -0.25) is 14.2 Å². The summed E-state index contributed by atoms with van der Waals surface area (Å²) in [7, 11) is 1.53. The van der Waals surface area contributed by atoms with Crippen molar-refractivity contribution < 1.29 is 9.53 Å². The number of carbonyl (C=O) groups excluding carboxylic acids is 1. The first-order valence-corrected chi connectivity index (χ1v) is 10.2. The molecule has 0 N–H and O–H groups in total.